The van der Waals surface area contributed by atoms with Crippen molar-refractivity contribution in [3.8, 4) is 5.75 Å². The molecule has 2 aromatic carbocycles. The first-order chi connectivity index (χ1) is 17.7. The topological polar surface area (TPSA) is 100 Å². The van der Waals surface area contributed by atoms with E-state index < -0.39 is 23.8 Å². The van der Waals surface area contributed by atoms with Crippen LogP contribution >= 0.6 is 12.4 Å². The van der Waals surface area contributed by atoms with Crippen molar-refractivity contribution in [1.82, 2.24) is 10.2 Å². The van der Waals surface area contributed by atoms with Crippen molar-refractivity contribution >= 4 is 30.1 Å². The summed E-state index contributed by atoms with van der Waals surface area (Å²) in [6, 6.07) is 11.7. The Balaban J connectivity index is 0.00000400. The molecule has 0 spiro atoms. The number of hydrogen-bond donors (Lipinski definition) is 3. The number of anilines is 1. The zero-order valence-electron chi connectivity index (χ0n) is 20.7. The molecular weight excluding hydrogens is 527 g/mol. The lowest BCUT2D eigenvalue weighted by molar-refractivity contribution is -0.150. The molecule has 208 valence electrons. The number of aliphatic carboxylic acids is 1. The van der Waals surface area contributed by atoms with Gasteiger partial charge in [-0.15, -0.1) is 12.4 Å². The number of fused-ring (bicyclic) bond motifs is 1. The molecule has 0 radical (unpaired) electrons. The van der Waals surface area contributed by atoms with E-state index in [-0.39, 0.29) is 24.9 Å². The molecule has 12 heteroatoms. The Kier molecular flexibility index (Phi) is 9.86. The smallest absolute Gasteiger partial charge is 0.416 e. The number of piperidine rings is 1. The Morgan fingerprint density at radius 1 is 1.08 bits per heavy atom. The summed E-state index contributed by atoms with van der Waals surface area (Å²) in [6.45, 7) is 4.39. The zero-order valence-corrected chi connectivity index (χ0v) is 21.6. The molecule has 1 heterocycles. The summed E-state index contributed by atoms with van der Waals surface area (Å²) in [5.41, 5.74) is 0.424. The summed E-state index contributed by atoms with van der Waals surface area (Å²) in [5.74, 6) is 0.409. The first-order valence-electron chi connectivity index (χ1n) is 12.2. The van der Waals surface area contributed by atoms with Crippen LogP contribution in [-0.4, -0.2) is 67.0 Å². The van der Waals surface area contributed by atoms with Crippen LogP contribution in [0.2, 0.25) is 0 Å². The summed E-state index contributed by atoms with van der Waals surface area (Å²) in [7, 11) is 0. The molecular formula is C26H31ClF3N3O5. The second-order valence-electron chi connectivity index (χ2n) is 9.20. The molecule has 2 aromatic rings. The van der Waals surface area contributed by atoms with E-state index in [1.54, 1.807) is 24.0 Å². The van der Waals surface area contributed by atoms with E-state index in [0.29, 0.717) is 62.2 Å². The van der Waals surface area contributed by atoms with Crippen molar-refractivity contribution in [2.45, 2.75) is 31.7 Å². The number of urea groups is 1. The Labute approximate surface area is 224 Å². The molecule has 2 amide bonds. The summed E-state index contributed by atoms with van der Waals surface area (Å²) >= 11 is 0. The van der Waals surface area contributed by atoms with E-state index in [0.717, 1.165) is 17.7 Å². The van der Waals surface area contributed by atoms with Gasteiger partial charge in [-0.3, -0.25) is 0 Å². The number of alkyl halides is 3. The Morgan fingerprint density at radius 2 is 1.71 bits per heavy atom. The average molecular weight is 558 g/mol. The van der Waals surface area contributed by atoms with E-state index in [1.165, 1.54) is 12.1 Å². The molecule has 3 atom stereocenters. The fraction of sp³-hybridized carbons (Fsp3) is 0.462. The number of amides is 2. The second kappa shape index (κ2) is 12.7. The molecule has 0 aromatic heterocycles. The number of hydrogen-bond acceptors (Lipinski definition) is 5. The highest BCUT2D eigenvalue weighted by molar-refractivity contribution is 5.89. The number of carboxylic acid groups (broad SMARTS) is 1. The summed E-state index contributed by atoms with van der Waals surface area (Å²) in [4.78, 5) is 25.4. The lowest BCUT2D eigenvalue weighted by atomic mass is 10.1. The largest absolute Gasteiger partial charge is 0.492 e. The molecule has 2 unspecified atom stereocenters. The van der Waals surface area contributed by atoms with E-state index in [2.05, 4.69) is 10.6 Å². The fourth-order valence-corrected chi connectivity index (χ4v) is 4.69. The third-order valence-corrected chi connectivity index (χ3v) is 6.68. The molecule has 1 saturated carbocycles. The number of benzene rings is 2. The SMILES string of the molecule is CCO[C@@H](Cc1ccc(OCCNC2C3CN(C(=O)Nc4ccc(C(F)(F)F)cc4)CC32)cc1)C(=O)O.Cl. The minimum atomic E-state index is -4.41. The number of nitrogens with zero attached hydrogens (tertiary/aromatic N) is 1. The van der Waals surface area contributed by atoms with Gasteiger partial charge in [0.05, 0.1) is 5.56 Å². The number of rotatable bonds is 11. The van der Waals surface area contributed by atoms with Gasteiger partial charge in [-0.25, -0.2) is 9.59 Å². The molecule has 0 bridgehead atoms. The maximum Gasteiger partial charge on any atom is 0.416 e. The lowest BCUT2D eigenvalue weighted by Gasteiger charge is -2.21. The van der Waals surface area contributed by atoms with Crippen LogP contribution in [0.25, 0.3) is 0 Å². The van der Waals surface area contributed by atoms with Crippen LogP contribution in [0.5, 0.6) is 5.75 Å². The van der Waals surface area contributed by atoms with Gasteiger partial charge < -0.3 is 30.1 Å². The predicted molar refractivity (Wildman–Crippen MR) is 137 cm³/mol. The van der Waals surface area contributed by atoms with E-state index in [1.807, 2.05) is 12.1 Å². The molecule has 1 aliphatic carbocycles. The highest BCUT2D eigenvalue weighted by atomic mass is 35.5. The normalized spacial score (nSPS) is 20.7. The summed E-state index contributed by atoms with van der Waals surface area (Å²) in [6.07, 6.45) is -4.99. The first-order valence-corrected chi connectivity index (χ1v) is 12.2. The predicted octanol–water partition coefficient (Wildman–Crippen LogP) is 4.29. The van der Waals surface area contributed by atoms with Crippen molar-refractivity contribution < 1.29 is 37.3 Å². The van der Waals surface area contributed by atoms with Gasteiger partial charge in [0.15, 0.2) is 6.10 Å². The molecule has 1 aliphatic heterocycles. The van der Waals surface area contributed by atoms with Gasteiger partial charge in [0.25, 0.3) is 0 Å². The van der Waals surface area contributed by atoms with Crippen LogP contribution in [0.3, 0.4) is 0 Å². The first kappa shape index (κ1) is 29.5. The Bertz CT molecular complexity index is 1070. The number of carbonyl (C=O) groups excluding carboxylic acids is 1. The highest BCUT2D eigenvalue weighted by Gasteiger charge is 2.56. The number of carboxylic acids is 1. The van der Waals surface area contributed by atoms with E-state index in [9.17, 15) is 27.9 Å². The molecule has 4 rings (SSSR count). The number of halogens is 4. The molecule has 2 aliphatic rings. The maximum absolute atomic E-state index is 12.7. The van der Waals surface area contributed by atoms with Gasteiger partial charge in [0, 0.05) is 44.4 Å². The minimum Gasteiger partial charge on any atom is -0.492 e. The number of likely N-dealkylation sites (tertiary alicyclic amines) is 1. The van der Waals surface area contributed by atoms with Crippen molar-refractivity contribution in [1.29, 1.82) is 0 Å². The molecule has 8 nitrogen and oxygen atoms in total. The van der Waals surface area contributed by atoms with Crippen LogP contribution in [0.1, 0.15) is 18.1 Å². The molecule has 3 N–H and O–H groups in total. The van der Waals surface area contributed by atoms with Gasteiger partial charge in [-0.2, -0.15) is 13.2 Å². The van der Waals surface area contributed by atoms with Crippen LogP contribution in [0, 0.1) is 11.8 Å². The maximum atomic E-state index is 12.7. The van der Waals surface area contributed by atoms with Crippen LogP contribution in [-0.2, 0) is 22.1 Å². The van der Waals surface area contributed by atoms with Crippen molar-refractivity contribution in [3.63, 3.8) is 0 Å². The number of nitrogens with one attached hydrogen (secondary N) is 2. The lowest BCUT2D eigenvalue weighted by Crippen LogP contribution is -2.38. The number of ether oxygens (including phenoxy) is 2. The van der Waals surface area contributed by atoms with Crippen molar-refractivity contribution in [2.75, 3.05) is 38.2 Å². The van der Waals surface area contributed by atoms with Gasteiger partial charge >= 0.3 is 18.2 Å². The average Bonchev–Trinajstić information content (AvgIpc) is 3.29. The molecule has 1 saturated heterocycles. The van der Waals surface area contributed by atoms with E-state index >= 15 is 0 Å². The summed E-state index contributed by atoms with van der Waals surface area (Å²) in [5, 5.41) is 15.3. The number of carbonyl (C=O) groups is 2. The van der Waals surface area contributed by atoms with Crippen LogP contribution in [0.4, 0.5) is 23.7 Å². The fourth-order valence-electron chi connectivity index (χ4n) is 4.69. The van der Waals surface area contributed by atoms with Crippen LogP contribution < -0.4 is 15.4 Å². The quantitative estimate of drug-likeness (QED) is 0.357. The second-order valence-corrected chi connectivity index (χ2v) is 9.20. The van der Waals surface area contributed by atoms with Gasteiger partial charge in [0.2, 0.25) is 0 Å². The van der Waals surface area contributed by atoms with Gasteiger partial charge in [-0.05, 0) is 60.7 Å². The van der Waals surface area contributed by atoms with Crippen LogP contribution in [0.15, 0.2) is 48.5 Å². The Morgan fingerprint density at radius 3 is 2.26 bits per heavy atom. The third kappa shape index (κ3) is 7.52. The van der Waals surface area contributed by atoms with Crippen molar-refractivity contribution in [3.05, 3.63) is 59.7 Å². The highest BCUT2D eigenvalue weighted by Crippen LogP contribution is 2.45. The Hall–Kier alpha value is -3.02. The zero-order chi connectivity index (χ0) is 26.6. The van der Waals surface area contributed by atoms with E-state index in [4.69, 9.17) is 9.47 Å². The minimum absolute atomic E-state index is 0. The van der Waals surface area contributed by atoms with Gasteiger partial charge in [0.1, 0.15) is 12.4 Å². The third-order valence-electron chi connectivity index (χ3n) is 6.68. The summed E-state index contributed by atoms with van der Waals surface area (Å²) < 4.78 is 49.0. The monoisotopic (exact) mass is 557 g/mol. The molecule has 38 heavy (non-hydrogen) atoms. The standard InChI is InChI=1S/C26H30F3N3O5.ClH/c1-2-36-22(24(33)34)13-16-3-9-19(10-4-16)37-12-11-30-23-20-14-32(15-21(20)23)25(35)31-18-7-5-17(6-8-18)26(27,28)29;/h3-10,20-23,30H,2,11-15H2,1H3,(H,31,35)(H,33,34);1H/t20?,21?,22-,23?;/m0./s1. The van der Waals surface area contributed by atoms with Gasteiger partial charge in [-0.1, -0.05) is 12.1 Å². The van der Waals surface area contributed by atoms with Crippen molar-refractivity contribution in [2.24, 2.45) is 11.8 Å². The molecule has 2 fully saturated rings.